The Morgan fingerprint density at radius 2 is 2.02 bits per heavy atom. The third-order valence-electron chi connectivity index (χ3n) is 6.28. The summed E-state index contributed by atoms with van der Waals surface area (Å²) in [6.45, 7) is 1.85. The highest BCUT2D eigenvalue weighted by Crippen LogP contribution is 2.26. The van der Waals surface area contributed by atoms with Crippen molar-refractivity contribution in [3.63, 3.8) is 0 Å². The molecule has 3 N–H and O–H groups in total. The Morgan fingerprint density at radius 3 is 2.70 bits per heavy atom. The standard InChI is InChI=1S/C28H23ClFN9O4S/c1-15-13-44-25(32-15)12-21(22-11-19(27(41)36-35-22)16-3-5-17(6-4-16)33-28(42)43-2)34-24(40)10-7-18-23(39-14-31-37-38-39)9-8-20(29)26(18)30/h3-11,13-14,21H,12H2,1-2H3,(H,33,42)(H,34,40)(H,36,41). The monoisotopic (exact) mass is 635 g/mol. The summed E-state index contributed by atoms with van der Waals surface area (Å²) in [6.07, 6.45) is 3.35. The Morgan fingerprint density at radius 1 is 1.23 bits per heavy atom. The van der Waals surface area contributed by atoms with E-state index in [1.54, 1.807) is 30.3 Å². The van der Waals surface area contributed by atoms with Crippen LogP contribution in [0, 0.1) is 12.7 Å². The van der Waals surface area contributed by atoms with Gasteiger partial charge >= 0.3 is 6.09 Å². The molecule has 0 radical (unpaired) electrons. The van der Waals surface area contributed by atoms with Crippen molar-refractivity contribution < 1.29 is 18.7 Å². The van der Waals surface area contributed by atoms with Gasteiger partial charge in [0.1, 0.15) is 6.33 Å². The number of tetrazole rings is 1. The number of thiazole rings is 1. The lowest BCUT2D eigenvalue weighted by molar-refractivity contribution is -0.117. The van der Waals surface area contributed by atoms with E-state index in [2.05, 4.69) is 46.1 Å². The summed E-state index contributed by atoms with van der Waals surface area (Å²) < 4.78 is 20.8. The summed E-state index contributed by atoms with van der Waals surface area (Å²) in [5.74, 6) is -1.32. The fraction of sp³-hybridized carbons (Fsp3) is 0.143. The third kappa shape index (κ3) is 7.02. The first-order chi connectivity index (χ1) is 21.2. The largest absolute Gasteiger partial charge is 0.453 e. The predicted molar refractivity (Wildman–Crippen MR) is 161 cm³/mol. The molecular formula is C28H23ClFN9O4S. The molecule has 16 heteroatoms. The van der Waals surface area contributed by atoms with Crippen LogP contribution in [-0.2, 0) is 16.0 Å². The molecule has 0 aliphatic heterocycles. The molecule has 1 unspecified atom stereocenters. The molecule has 2 aromatic carbocycles. The second-order valence-corrected chi connectivity index (χ2v) is 10.6. The fourth-order valence-corrected chi connectivity index (χ4v) is 5.17. The minimum Gasteiger partial charge on any atom is -0.453 e. The van der Waals surface area contributed by atoms with Crippen molar-refractivity contribution in [1.82, 2.24) is 40.7 Å². The number of amides is 2. The van der Waals surface area contributed by atoms with Gasteiger partial charge in [0.2, 0.25) is 5.91 Å². The molecule has 0 aliphatic carbocycles. The van der Waals surface area contributed by atoms with Crippen LogP contribution >= 0.6 is 22.9 Å². The molecule has 3 heterocycles. The zero-order valence-electron chi connectivity index (χ0n) is 23.1. The number of hydrogen-bond donors (Lipinski definition) is 3. The molecule has 44 heavy (non-hydrogen) atoms. The minimum atomic E-state index is -0.752. The summed E-state index contributed by atoms with van der Waals surface area (Å²) in [4.78, 5) is 42.0. The van der Waals surface area contributed by atoms with E-state index in [0.717, 1.165) is 16.8 Å². The van der Waals surface area contributed by atoms with Crippen LogP contribution < -0.4 is 16.2 Å². The Bertz CT molecular complexity index is 1890. The molecule has 3 aromatic heterocycles. The van der Waals surface area contributed by atoms with Crippen molar-refractivity contribution in [3.05, 3.63) is 103 Å². The van der Waals surface area contributed by atoms with Crippen LogP contribution in [0.5, 0.6) is 0 Å². The molecule has 0 bridgehead atoms. The van der Waals surface area contributed by atoms with E-state index >= 15 is 0 Å². The summed E-state index contributed by atoms with van der Waals surface area (Å²) in [6, 6.07) is 10.3. The number of hydrogen-bond acceptors (Lipinski definition) is 10. The third-order valence-corrected chi connectivity index (χ3v) is 7.56. The number of aromatic nitrogens is 7. The topological polar surface area (TPSA) is 170 Å². The molecule has 13 nitrogen and oxygen atoms in total. The molecule has 5 aromatic rings. The van der Waals surface area contributed by atoms with Gasteiger partial charge in [0.15, 0.2) is 5.82 Å². The zero-order chi connectivity index (χ0) is 31.2. The number of carbonyl (C=O) groups is 2. The van der Waals surface area contributed by atoms with E-state index < -0.39 is 29.4 Å². The maximum atomic E-state index is 15.0. The first kappa shape index (κ1) is 30.2. The van der Waals surface area contributed by atoms with Gasteiger partial charge in [-0.25, -0.2) is 19.3 Å². The minimum absolute atomic E-state index is 0.00152. The summed E-state index contributed by atoms with van der Waals surface area (Å²) in [5, 5.41) is 25.5. The van der Waals surface area contributed by atoms with E-state index in [4.69, 9.17) is 11.6 Å². The first-order valence-corrected chi connectivity index (χ1v) is 14.1. The van der Waals surface area contributed by atoms with Gasteiger partial charge in [-0.15, -0.1) is 16.4 Å². The maximum Gasteiger partial charge on any atom is 0.411 e. The number of nitrogens with zero attached hydrogens (tertiary/aromatic N) is 6. The van der Waals surface area contributed by atoms with Gasteiger partial charge < -0.3 is 10.1 Å². The molecule has 0 fully saturated rings. The number of halogens is 2. The lowest BCUT2D eigenvalue weighted by Gasteiger charge is -2.17. The summed E-state index contributed by atoms with van der Waals surface area (Å²) in [7, 11) is 1.25. The molecule has 5 rings (SSSR count). The SMILES string of the molecule is COC(=O)Nc1ccc(-c2cc(C(Cc3nc(C)cs3)NC(=O)C=Cc3c(-n4cnnn4)ccc(Cl)c3F)n[nH]c2=O)cc1. The molecule has 0 saturated carbocycles. The zero-order valence-corrected chi connectivity index (χ0v) is 24.7. The van der Waals surface area contributed by atoms with Gasteiger partial charge in [0.25, 0.3) is 5.56 Å². The number of H-pyrrole nitrogens is 1. The second kappa shape index (κ2) is 13.4. The Kier molecular flexibility index (Phi) is 9.16. The quantitative estimate of drug-likeness (QED) is 0.200. The van der Waals surface area contributed by atoms with E-state index in [1.807, 2.05) is 12.3 Å². The van der Waals surface area contributed by atoms with Crippen molar-refractivity contribution in [1.29, 1.82) is 0 Å². The number of aromatic amines is 1. The highest BCUT2D eigenvalue weighted by atomic mass is 35.5. The molecule has 224 valence electrons. The lowest BCUT2D eigenvalue weighted by Crippen LogP contribution is -2.30. The smallest absolute Gasteiger partial charge is 0.411 e. The molecular weight excluding hydrogens is 613 g/mol. The number of methoxy groups -OCH3 is 1. The Balaban J connectivity index is 1.44. The number of nitrogens with one attached hydrogen (secondary N) is 3. The van der Waals surface area contributed by atoms with Gasteiger partial charge in [-0.1, -0.05) is 23.7 Å². The van der Waals surface area contributed by atoms with Gasteiger partial charge in [-0.3, -0.25) is 14.9 Å². The van der Waals surface area contributed by atoms with Crippen LogP contribution in [0.2, 0.25) is 5.02 Å². The second-order valence-electron chi connectivity index (χ2n) is 9.26. The van der Waals surface area contributed by atoms with Crippen LogP contribution in [-0.4, -0.2) is 54.5 Å². The van der Waals surface area contributed by atoms with E-state index in [1.165, 1.54) is 47.7 Å². The normalized spacial score (nSPS) is 11.8. The molecule has 1 atom stereocenters. The highest BCUT2D eigenvalue weighted by molar-refractivity contribution is 7.09. The average molecular weight is 636 g/mol. The first-order valence-electron chi connectivity index (χ1n) is 12.9. The van der Waals surface area contributed by atoms with Crippen LogP contribution in [0.15, 0.2) is 65.0 Å². The van der Waals surface area contributed by atoms with Crippen molar-refractivity contribution in [3.8, 4) is 16.8 Å². The van der Waals surface area contributed by atoms with E-state index in [-0.39, 0.29) is 28.3 Å². The maximum absolute atomic E-state index is 15.0. The van der Waals surface area contributed by atoms with Gasteiger partial charge in [0, 0.05) is 34.8 Å². The number of aryl methyl sites for hydroxylation is 1. The van der Waals surface area contributed by atoms with E-state index in [9.17, 15) is 18.8 Å². The average Bonchev–Trinajstić information content (AvgIpc) is 3.70. The van der Waals surface area contributed by atoms with Crippen LogP contribution in [0.25, 0.3) is 22.9 Å². The van der Waals surface area contributed by atoms with E-state index in [0.29, 0.717) is 16.9 Å². The van der Waals surface area contributed by atoms with Crippen molar-refractivity contribution >= 4 is 46.7 Å². The number of ether oxygens (including phenoxy) is 1. The Hall–Kier alpha value is -5.28. The predicted octanol–water partition coefficient (Wildman–Crippen LogP) is 4.26. The molecule has 0 saturated heterocycles. The summed E-state index contributed by atoms with van der Waals surface area (Å²) in [5.41, 5.74) is 2.30. The van der Waals surface area contributed by atoms with Gasteiger partial charge in [-0.2, -0.15) is 9.78 Å². The van der Waals surface area contributed by atoms with Gasteiger partial charge in [-0.05, 0) is 59.3 Å². The van der Waals surface area contributed by atoms with Crippen LogP contribution in [0.1, 0.15) is 28.0 Å². The number of carbonyl (C=O) groups excluding carboxylic acids is 2. The Labute approximate surface area is 257 Å². The van der Waals surface area contributed by atoms with Crippen molar-refractivity contribution in [2.24, 2.45) is 0 Å². The molecule has 0 aliphatic rings. The molecule has 2 amide bonds. The fourth-order valence-electron chi connectivity index (χ4n) is 4.18. The number of benzene rings is 2. The number of rotatable bonds is 9. The molecule has 0 spiro atoms. The number of anilines is 1. The summed E-state index contributed by atoms with van der Waals surface area (Å²) >= 11 is 7.41. The highest BCUT2D eigenvalue weighted by Gasteiger charge is 2.21. The van der Waals surface area contributed by atoms with Crippen molar-refractivity contribution in [2.45, 2.75) is 19.4 Å². The van der Waals surface area contributed by atoms with Crippen LogP contribution in [0.4, 0.5) is 14.9 Å². The van der Waals surface area contributed by atoms with Crippen molar-refractivity contribution in [2.75, 3.05) is 12.4 Å². The lowest BCUT2D eigenvalue weighted by atomic mass is 10.0. The van der Waals surface area contributed by atoms with Crippen LogP contribution in [0.3, 0.4) is 0 Å². The van der Waals surface area contributed by atoms with Gasteiger partial charge in [0.05, 0.1) is 40.1 Å².